The smallest absolute Gasteiger partial charge is 0.191 e. The first-order valence-electron chi connectivity index (χ1n) is 5.55. The Morgan fingerprint density at radius 1 is 1.24 bits per heavy atom. The molecule has 1 aromatic carbocycles. The molecule has 0 atom stereocenters. The Hall–Kier alpha value is -1.49. The van der Waals surface area contributed by atoms with Crippen molar-refractivity contribution < 1.29 is 0 Å². The molecule has 17 heavy (non-hydrogen) atoms. The average Bonchev–Trinajstić information content (AvgIpc) is 2.67. The number of nitrogens with one attached hydrogen (secondary N) is 1. The molecule has 0 spiro atoms. The highest BCUT2D eigenvalue weighted by atomic mass is 32.2. The predicted octanol–water partition coefficient (Wildman–Crippen LogP) is 2.33. The summed E-state index contributed by atoms with van der Waals surface area (Å²) in [4.78, 5) is 0. The summed E-state index contributed by atoms with van der Waals surface area (Å²) in [6.07, 6.45) is 0. The van der Waals surface area contributed by atoms with Gasteiger partial charge in [-0.1, -0.05) is 30.0 Å². The lowest BCUT2D eigenvalue weighted by Crippen LogP contribution is -2.04. The molecule has 0 aliphatic carbocycles. The number of hydrogen-bond donors (Lipinski definition) is 1. The van der Waals surface area contributed by atoms with Gasteiger partial charge >= 0.3 is 0 Å². The SMILES string of the molecule is Cc1nnc(SCCNc2ccccc2)n1C. The molecule has 0 aliphatic heterocycles. The molecule has 2 aromatic rings. The van der Waals surface area contributed by atoms with Gasteiger partial charge < -0.3 is 9.88 Å². The monoisotopic (exact) mass is 248 g/mol. The lowest BCUT2D eigenvalue weighted by molar-refractivity contribution is 0.765. The van der Waals surface area contributed by atoms with Crippen LogP contribution in [-0.4, -0.2) is 27.1 Å². The van der Waals surface area contributed by atoms with E-state index in [1.807, 2.05) is 36.7 Å². The third kappa shape index (κ3) is 3.23. The van der Waals surface area contributed by atoms with Gasteiger partial charge in [-0.2, -0.15) is 0 Å². The summed E-state index contributed by atoms with van der Waals surface area (Å²) in [7, 11) is 1.99. The molecular formula is C12H16N4S. The van der Waals surface area contributed by atoms with Crippen LogP contribution in [0.2, 0.25) is 0 Å². The van der Waals surface area contributed by atoms with Crippen LogP contribution >= 0.6 is 11.8 Å². The predicted molar refractivity (Wildman–Crippen MR) is 71.4 cm³/mol. The summed E-state index contributed by atoms with van der Waals surface area (Å²) in [5.41, 5.74) is 1.15. The van der Waals surface area contributed by atoms with Crippen LogP contribution in [0.3, 0.4) is 0 Å². The number of nitrogens with zero attached hydrogens (tertiary/aromatic N) is 3. The zero-order valence-electron chi connectivity index (χ0n) is 10.1. The fourth-order valence-corrected chi connectivity index (χ4v) is 2.22. The number of anilines is 1. The molecule has 0 bridgehead atoms. The summed E-state index contributed by atoms with van der Waals surface area (Å²) in [5, 5.41) is 12.5. The van der Waals surface area contributed by atoms with E-state index in [1.54, 1.807) is 11.8 Å². The van der Waals surface area contributed by atoms with Gasteiger partial charge in [-0.05, 0) is 19.1 Å². The van der Waals surface area contributed by atoms with Crippen molar-refractivity contribution >= 4 is 17.4 Å². The summed E-state index contributed by atoms with van der Waals surface area (Å²) in [5.74, 6) is 1.92. The molecule has 0 saturated carbocycles. The second-order valence-electron chi connectivity index (χ2n) is 3.73. The maximum Gasteiger partial charge on any atom is 0.191 e. The molecule has 90 valence electrons. The molecule has 0 amide bonds. The number of aryl methyl sites for hydroxylation is 1. The molecule has 1 aromatic heterocycles. The minimum absolute atomic E-state index is 0.917. The fourth-order valence-electron chi connectivity index (χ4n) is 1.41. The van der Waals surface area contributed by atoms with Gasteiger partial charge in [0.25, 0.3) is 0 Å². The van der Waals surface area contributed by atoms with Crippen LogP contribution in [0.5, 0.6) is 0 Å². The van der Waals surface area contributed by atoms with Gasteiger partial charge in [-0.15, -0.1) is 10.2 Å². The normalized spacial score (nSPS) is 10.5. The summed E-state index contributed by atoms with van der Waals surface area (Å²) >= 11 is 1.71. The lowest BCUT2D eigenvalue weighted by Gasteiger charge is -2.05. The Labute approximate surface area is 105 Å². The van der Waals surface area contributed by atoms with Crippen molar-refractivity contribution in [3.05, 3.63) is 36.2 Å². The van der Waals surface area contributed by atoms with Crippen LogP contribution in [0, 0.1) is 6.92 Å². The number of benzene rings is 1. The van der Waals surface area contributed by atoms with Crippen LogP contribution < -0.4 is 5.32 Å². The van der Waals surface area contributed by atoms with E-state index in [-0.39, 0.29) is 0 Å². The minimum atomic E-state index is 0.917. The second-order valence-corrected chi connectivity index (χ2v) is 4.79. The van der Waals surface area contributed by atoms with Crippen molar-refractivity contribution in [3.8, 4) is 0 Å². The molecule has 0 saturated heterocycles. The number of rotatable bonds is 5. The molecule has 1 heterocycles. The van der Waals surface area contributed by atoms with E-state index in [9.17, 15) is 0 Å². The topological polar surface area (TPSA) is 42.7 Å². The van der Waals surface area contributed by atoms with Crippen LogP contribution in [-0.2, 0) is 7.05 Å². The molecule has 0 unspecified atom stereocenters. The van der Waals surface area contributed by atoms with Crippen LogP contribution in [0.15, 0.2) is 35.5 Å². The molecule has 5 heteroatoms. The third-order valence-electron chi connectivity index (χ3n) is 2.49. The molecule has 1 N–H and O–H groups in total. The molecule has 0 aliphatic rings. The van der Waals surface area contributed by atoms with Crippen molar-refractivity contribution in [2.45, 2.75) is 12.1 Å². The Morgan fingerprint density at radius 2 is 2.00 bits per heavy atom. The van der Waals surface area contributed by atoms with Gasteiger partial charge in [0.05, 0.1) is 0 Å². The van der Waals surface area contributed by atoms with Crippen molar-refractivity contribution in [3.63, 3.8) is 0 Å². The number of aromatic nitrogens is 3. The van der Waals surface area contributed by atoms with E-state index in [0.717, 1.165) is 29.0 Å². The average molecular weight is 248 g/mol. The van der Waals surface area contributed by atoms with Crippen LogP contribution in [0.25, 0.3) is 0 Å². The summed E-state index contributed by atoms with van der Waals surface area (Å²) in [6, 6.07) is 10.2. The quantitative estimate of drug-likeness (QED) is 0.651. The van der Waals surface area contributed by atoms with Gasteiger partial charge in [-0.25, -0.2) is 0 Å². The molecule has 4 nitrogen and oxygen atoms in total. The molecule has 0 fully saturated rings. The van der Waals surface area contributed by atoms with Gasteiger partial charge in [0.2, 0.25) is 0 Å². The molecule has 2 rings (SSSR count). The molecule has 0 radical (unpaired) electrons. The fraction of sp³-hybridized carbons (Fsp3) is 0.333. The standard InChI is InChI=1S/C12H16N4S/c1-10-14-15-12(16(10)2)17-9-8-13-11-6-4-3-5-7-11/h3-7,13H,8-9H2,1-2H3. The number of para-hydroxylation sites is 1. The van der Waals surface area contributed by atoms with E-state index >= 15 is 0 Å². The summed E-state index contributed by atoms with van der Waals surface area (Å²) in [6.45, 7) is 2.87. The maximum absolute atomic E-state index is 4.11. The largest absolute Gasteiger partial charge is 0.384 e. The van der Waals surface area contributed by atoms with Crippen molar-refractivity contribution in [2.24, 2.45) is 7.05 Å². The lowest BCUT2D eigenvalue weighted by atomic mass is 10.3. The minimum Gasteiger partial charge on any atom is -0.384 e. The first kappa shape index (κ1) is 12.0. The van der Waals surface area contributed by atoms with Gasteiger partial charge in [-0.3, -0.25) is 0 Å². The van der Waals surface area contributed by atoms with Crippen molar-refractivity contribution in [2.75, 3.05) is 17.6 Å². The van der Waals surface area contributed by atoms with Crippen LogP contribution in [0.4, 0.5) is 5.69 Å². The van der Waals surface area contributed by atoms with Gasteiger partial charge in [0.1, 0.15) is 5.82 Å². The Balaban J connectivity index is 1.75. The first-order chi connectivity index (χ1) is 8.27. The number of thioether (sulfide) groups is 1. The number of hydrogen-bond acceptors (Lipinski definition) is 4. The molecular weight excluding hydrogens is 232 g/mol. The third-order valence-corrected chi connectivity index (χ3v) is 3.51. The zero-order valence-corrected chi connectivity index (χ0v) is 10.9. The first-order valence-corrected chi connectivity index (χ1v) is 6.53. The van der Waals surface area contributed by atoms with E-state index < -0.39 is 0 Å². The van der Waals surface area contributed by atoms with E-state index in [0.29, 0.717) is 0 Å². The maximum atomic E-state index is 4.11. The van der Waals surface area contributed by atoms with E-state index in [2.05, 4.69) is 27.6 Å². The Bertz CT molecular complexity index is 467. The van der Waals surface area contributed by atoms with E-state index in [1.165, 1.54) is 0 Å². The summed E-state index contributed by atoms with van der Waals surface area (Å²) < 4.78 is 2.01. The highest BCUT2D eigenvalue weighted by molar-refractivity contribution is 7.99. The zero-order chi connectivity index (χ0) is 12.1. The highest BCUT2D eigenvalue weighted by Crippen LogP contribution is 2.15. The van der Waals surface area contributed by atoms with Crippen LogP contribution in [0.1, 0.15) is 5.82 Å². The van der Waals surface area contributed by atoms with Gasteiger partial charge in [0, 0.05) is 25.0 Å². The van der Waals surface area contributed by atoms with Crippen molar-refractivity contribution in [1.29, 1.82) is 0 Å². The second kappa shape index (κ2) is 5.72. The highest BCUT2D eigenvalue weighted by Gasteiger charge is 2.04. The van der Waals surface area contributed by atoms with Crippen molar-refractivity contribution in [1.82, 2.24) is 14.8 Å². The Kier molecular flexibility index (Phi) is 4.03. The van der Waals surface area contributed by atoms with Gasteiger partial charge in [0.15, 0.2) is 5.16 Å². The Morgan fingerprint density at radius 3 is 2.65 bits per heavy atom. The van der Waals surface area contributed by atoms with E-state index in [4.69, 9.17) is 0 Å².